The van der Waals surface area contributed by atoms with E-state index in [4.69, 9.17) is 0 Å². The number of hydrogen-bond donors (Lipinski definition) is 1. The number of likely N-dealkylation sites (tertiary alicyclic amines) is 1. The van der Waals surface area contributed by atoms with E-state index in [1.54, 1.807) is 24.7 Å². The van der Waals surface area contributed by atoms with Crippen LogP contribution in [0.5, 0.6) is 0 Å². The zero-order valence-electron chi connectivity index (χ0n) is 14.8. The first-order chi connectivity index (χ1) is 12.6. The molecule has 1 saturated heterocycles. The average Bonchev–Trinajstić information content (AvgIpc) is 2.67. The predicted octanol–water partition coefficient (Wildman–Crippen LogP) is 2.39. The molecule has 1 aromatic carbocycles. The second-order valence-electron chi connectivity index (χ2n) is 7.04. The lowest BCUT2D eigenvalue weighted by Crippen LogP contribution is -2.45. The number of piperidine rings is 1. The lowest BCUT2D eigenvalue weighted by atomic mass is 9.74. The molecule has 1 N–H and O–H groups in total. The first-order valence-corrected chi connectivity index (χ1v) is 8.98. The van der Waals surface area contributed by atoms with Crippen LogP contribution in [-0.4, -0.2) is 45.6 Å². The van der Waals surface area contributed by atoms with Crippen LogP contribution >= 0.6 is 0 Å². The molecule has 138 valence electrons. The summed E-state index contributed by atoms with van der Waals surface area (Å²) in [6.45, 7) is 1.29. The Balaban J connectivity index is 1.54. The van der Waals surface area contributed by atoms with Crippen LogP contribution in [0.4, 0.5) is 4.39 Å². The Bertz CT molecular complexity index is 731. The smallest absolute Gasteiger partial charge is 0.222 e. The van der Waals surface area contributed by atoms with Crippen LogP contribution in [0.25, 0.3) is 0 Å². The molecule has 1 fully saturated rings. The van der Waals surface area contributed by atoms with E-state index in [0.717, 1.165) is 24.1 Å². The predicted molar refractivity (Wildman–Crippen MR) is 95.8 cm³/mol. The third kappa shape index (κ3) is 4.64. The zero-order valence-corrected chi connectivity index (χ0v) is 14.8. The largest absolute Gasteiger partial charge is 0.396 e. The standard InChI is InChI=1S/C20H24FN3O2/c21-17-3-1-2-16(12-17)13-20(15-25)6-10-24(11-7-20)19(26)5-4-18-14-22-8-9-23-18/h1-3,8-9,12,14,25H,4-7,10-11,13,15H2. The number of nitrogens with zero attached hydrogens (tertiary/aromatic N) is 3. The molecule has 0 radical (unpaired) electrons. The molecule has 0 unspecified atom stereocenters. The molecular weight excluding hydrogens is 333 g/mol. The highest BCUT2D eigenvalue weighted by Gasteiger charge is 2.35. The molecule has 5 nitrogen and oxygen atoms in total. The topological polar surface area (TPSA) is 66.3 Å². The number of carbonyl (C=O) groups is 1. The summed E-state index contributed by atoms with van der Waals surface area (Å²) in [7, 11) is 0. The average molecular weight is 357 g/mol. The van der Waals surface area contributed by atoms with Crippen LogP contribution < -0.4 is 0 Å². The molecule has 0 spiro atoms. The van der Waals surface area contributed by atoms with Crippen molar-refractivity contribution < 1.29 is 14.3 Å². The van der Waals surface area contributed by atoms with Crippen molar-refractivity contribution in [2.45, 2.75) is 32.1 Å². The van der Waals surface area contributed by atoms with Crippen LogP contribution in [-0.2, 0) is 17.6 Å². The van der Waals surface area contributed by atoms with Crippen LogP contribution in [0.15, 0.2) is 42.9 Å². The fraction of sp³-hybridized carbons (Fsp3) is 0.450. The van der Waals surface area contributed by atoms with Crippen molar-refractivity contribution in [3.63, 3.8) is 0 Å². The maximum Gasteiger partial charge on any atom is 0.222 e. The summed E-state index contributed by atoms with van der Waals surface area (Å²) >= 11 is 0. The van der Waals surface area contributed by atoms with Crippen molar-refractivity contribution in [3.05, 3.63) is 59.9 Å². The number of rotatable bonds is 6. The van der Waals surface area contributed by atoms with E-state index < -0.39 is 0 Å². The van der Waals surface area contributed by atoms with Crippen molar-refractivity contribution in [1.29, 1.82) is 0 Å². The maximum absolute atomic E-state index is 13.4. The SMILES string of the molecule is O=C(CCc1cnccn1)N1CCC(CO)(Cc2cccc(F)c2)CC1. The first-order valence-electron chi connectivity index (χ1n) is 8.98. The van der Waals surface area contributed by atoms with Crippen LogP contribution in [0.3, 0.4) is 0 Å². The minimum Gasteiger partial charge on any atom is -0.396 e. The molecule has 2 heterocycles. The van der Waals surface area contributed by atoms with Gasteiger partial charge in [0.15, 0.2) is 0 Å². The number of amides is 1. The van der Waals surface area contributed by atoms with Gasteiger partial charge < -0.3 is 10.0 Å². The number of aryl methyl sites for hydroxylation is 1. The molecule has 1 aliphatic heterocycles. The quantitative estimate of drug-likeness (QED) is 0.862. The Labute approximate surface area is 152 Å². The van der Waals surface area contributed by atoms with Gasteiger partial charge in [-0.05, 0) is 43.4 Å². The van der Waals surface area contributed by atoms with Gasteiger partial charge in [0, 0.05) is 50.1 Å². The van der Waals surface area contributed by atoms with Gasteiger partial charge in [0.2, 0.25) is 5.91 Å². The molecule has 0 bridgehead atoms. The molecule has 3 rings (SSSR count). The van der Waals surface area contributed by atoms with E-state index in [9.17, 15) is 14.3 Å². The van der Waals surface area contributed by atoms with E-state index >= 15 is 0 Å². The number of halogens is 1. The van der Waals surface area contributed by atoms with Crippen molar-refractivity contribution >= 4 is 5.91 Å². The third-order valence-corrected chi connectivity index (χ3v) is 5.19. The lowest BCUT2D eigenvalue weighted by molar-refractivity contribution is -0.134. The van der Waals surface area contributed by atoms with E-state index in [-0.39, 0.29) is 23.7 Å². The van der Waals surface area contributed by atoms with E-state index in [1.807, 2.05) is 11.0 Å². The van der Waals surface area contributed by atoms with E-state index in [0.29, 0.717) is 32.4 Å². The minimum atomic E-state index is -0.282. The van der Waals surface area contributed by atoms with Gasteiger partial charge in [0.05, 0.1) is 5.69 Å². The van der Waals surface area contributed by atoms with Gasteiger partial charge in [-0.3, -0.25) is 14.8 Å². The fourth-order valence-electron chi connectivity index (χ4n) is 3.55. The number of hydrogen-bond acceptors (Lipinski definition) is 4. The molecule has 1 aromatic heterocycles. The van der Waals surface area contributed by atoms with Gasteiger partial charge in [-0.15, -0.1) is 0 Å². The highest BCUT2D eigenvalue weighted by Crippen LogP contribution is 2.35. The molecule has 2 aromatic rings. The van der Waals surface area contributed by atoms with Crippen LogP contribution in [0.1, 0.15) is 30.5 Å². The molecule has 0 saturated carbocycles. The summed E-state index contributed by atoms with van der Waals surface area (Å²) < 4.78 is 13.4. The van der Waals surface area contributed by atoms with Gasteiger partial charge in [-0.25, -0.2) is 4.39 Å². The molecule has 1 aliphatic rings. The minimum absolute atomic E-state index is 0.0468. The second-order valence-corrected chi connectivity index (χ2v) is 7.04. The van der Waals surface area contributed by atoms with Gasteiger partial charge in [-0.1, -0.05) is 12.1 Å². The summed E-state index contributed by atoms with van der Waals surface area (Å²) in [4.78, 5) is 22.5. The molecule has 0 aliphatic carbocycles. The normalized spacial score (nSPS) is 16.5. The van der Waals surface area contributed by atoms with Gasteiger partial charge in [0.1, 0.15) is 5.82 Å². The number of aliphatic hydroxyl groups excluding tert-OH is 1. The second kappa shape index (κ2) is 8.36. The number of carbonyl (C=O) groups excluding carboxylic acids is 1. The Morgan fingerprint density at radius 1 is 1.27 bits per heavy atom. The van der Waals surface area contributed by atoms with Crippen molar-refractivity contribution in [3.8, 4) is 0 Å². The fourth-order valence-corrected chi connectivity index (χ4v) is 3.55. The maximum atomic E-state index is 13.4. The lowest BCUT2D eigenvalue weighted by Gasteiger charge is -2.41. The number of aromatic nitrogens is 2. The Hall–Kier alpha value is -2.34. The summed E-state index contributed by atoms with van der Waals surface area (Å²) in [5.74, 6) is -0.153. The highest BCUT2D eigenvalue weighted by atomic mass is 19.1. The molecular formula is C20H24FN3O2. The van der Waals surface area contributed by atoms with E-state index in [1.165, 1.54) is 12.1 Å². The summed E-state index contributed by atoms with van der Waals surface area (Å²) in [5.41, 5.74) is 1.42. The molecule has 0 atom stereocenters. The van der Waals surface area contributed by atoms with Crippen LogP contribution in [0.2, 0.25) is 0 Å². The third-order valence-electron chi connectivity index (χ3n) is 5.19. The monoisotopic (exact) mass is 357 g/mol. The summed E-state index contributed by atoms with van der Waals surface area (Å²) in [6, 6.07) is 6.53. The Morgan fingerprint density at radius 3 is 2.73 bits per heavy atom. The Kier molecular flexibility index (Phi) is 5.93. The number of benzene rings is 1. The van der Waals surface area contributed by atoms with Crippen molar-refractivity contribution in [1.82, 2.24) is 14.9 Å². The Morgan fingerprint density at radius 2 is 2.08 bits per heavy atom. The van der Waals surface area contributed by atoms with E-state index in [2.05, 4.69) is 9.97 Å². The first kappa shape index (κ1) is 18.5. The highest BCUT2D eigenvalue weighted by molar-refractivity contribution is 5.76. The molecule has 1 amide bonds. The van der Waals surface area contributed by atoms with Gasteiger partial charge >= 0.3 is 0 Å². The van der Waals surface area contributed by atoms with Gasteiger partial charge in [0.25, 0.3) is 0 Å². The molecule has 26 heavy (non-hydrogen) atoms. The summed E-state index contributed by atoms with van der Waals surface area (Å²) in [5, 5.41) is 9.94. The molecule has 6 heteroatoms. The van der Waals surface area contributed by atoms with Crippen LogP contribution in [0, 0.1) is 11.2 Å². The zero-order chi connectivity index (χ0) is 18.4. The number of aliphatic hydroxyl groups is 1. The van der Waals surface area contributed by atoms with Gasteiger partial charge in [-0.2, -0.15) is 0 Å². The van der Waals surface area contributed by atoms with Crippen molar-refractivity contribution in [2.75, 3.05) is 19.7 Å². The summed E-state index contributed by atoms with van der Waals surface area (Å²) in [6.07, 6.45) is 7.98. The van der Waals surface area contributed by atoms with Crippen molar-refractivity contribution in [2.24, 2.45) is 5.41 Å².